The van der Waals surface area contributed by atoms with Crippen LogP contribution in [0.3, 0.4) is 0 Å². The summed E-state index contributed by atoms with van der Waals surface area (Å²) in [5, 5.41) is 8.64. The lowest BCUT2D eigenvalue weighted by Gasteiger charge is -2.20. The molecule has 0 bridgehead atoms. The first kappa shape index (κ1) is 21.2. The van der Waals surface area contributed by atoms with Gasteiger partial charge in [0.1, 0.15) is 11.8 Å². The minimum atomic E-state index is -3.85. The molecule has 1 aromatic heterocycles. The number of nitrogens with one attached hydrogen (secondary N) is 3. The van der Waals surface area contributed by atoms with E-state index in [0.29, 0.717) is 11.4 Å². The van der Waals surface area contributed by atoms with Crippen LogP contribution in [0.1, 0.15) is 19.6 Å². The topological polar surface area (TPSA) is 140 Å². The van der Waals surface area contributed by atoms with Crippen LogP contribution in [0.2, 0.25) is 0 Å². The highest BCUT2D eigenvalue weighted by molar-refractivity contribution is 7.92. The SMILES string of the molecule is COC(=O)C(NC(=O)Nc1ccc(S(=O)(=O)Nc2cc(C)on2)cc1)C(C)C. The Hall–Kier alpha value is -3.08. The normalized spacial score (nSPS) is 12.3. The smallest absolute Gasteiger partial charge is 0.328 e. The fourth-order valence-electron chi connectivity index (χ4n) is 2.26. The average Bonchev–Trinajstić information content (AvgIpc) is 3.03. The predicted octanol–water partition coefficient (Wildman–Crippen LogP) is 2.10. The molecule has 1 aromatic carbocycles. The summed E-state index contributed by atoms with van der Waals surface area (Å²) in [4.78, 5) is 23.8. The zero-order valence-corrected chi connectivity index (χ0v) is 16.7. The van der Waals surface area contributed by atoms with Crippen molar-refractivity contribution in [1.29, 1.82) is 0 Å². The van der Waals surface area contributed by atoms with Crippen molar-refractivity contribution in [3.8, 4) is 0 Å². The summed E-state index contributed by atoms with van der Waals surface area (Å²) in [6, 6.07) is 5.52. The first-order valence-corrected chi connectivity index (χ1v) is 9.82. The van der Waals surface area contributed by atoms with Gasteiger partial charge < -0.3 is 19.9 Å². The number of ether oxygens (including phenoxy) is 1. The maximum absolute atomic E-state index is 12.3. The molecule has 2 rings (SSSR count). The van der Waals surface area contributed by atoms with Gasteiger partial charge in [-0.15, -0.1) is 0 Å². The Bertz CT molecular complexity index is 937. The van der Waals surface area contributed by atoms with Gasteiger partial charge in [0.2, 0.25) is 0 Å². The fourth-order valence-corrected chi connectivity index (χ4v) is 3.25. The maximum atomic E-state index is 12.3. The summed E-state index contributed by atoms with van der Waals surface area (Å²) in [5.41, 5.74) is 0.348. The van der Waals surface area contributed by atoms with Crippen LogP contribution in [0.15, 0.2) is 39.8 Å². The van der Waals surface area contributed by atoms with Crippen LogP contribution in [0.4, 0.5) is 16.3 Å². The molecule has 11 heteroatoms. The molecule has 0 radical (unpaired) electrons. The number of urea groups is 1. The summed E-state index contributed by atoms with van der Waals surface area (Å²) in [6.07, 6.45) is 0. The molecule has 28 heavy (non-hydrogen) atoms. The van der Waals surface area contributed by atoms with E-state index in [-0.39, 0.29) is 16.6 Å². The Kier molecular flexibility index (Phi) is 6.62. The van der Waals surface area contributed by atoms with Crippen LogP contribution in [-0.2, 0) is 19.6 Å². The quantitative estimate of drug-likeness (QED) is 0.594. The second-order valence-electron chi connectivity index (χ2n) is 6.30. The molecule has 1 unspecified atom stereocenters. The second kappa shape index (κ2) is 8.74. The molecular formula is C17H22N4O6S. The summed E-state index contributed by atoms with van der Waals surface area (Å²) in [6.45, 7) is 5.18. The number of sulfonamides is 1. The number of nitrogens with zero attached hydrogens (tertiary/aromatic N) is 1. The number of aryl methyl sites for hydroxylation is 1. The van der Waals surface area contributed by atoms with Crippen LogP contribution in [0.25, 0.3) is 0 Å². The third kappa shape index (κ3) is 5.46. The standard InChI is InChI=1S/C17H22N4O6S/c1-10(2)15(16(22)26-4)19-17(23)18-12-5-7-13(8-6-12)28(24,25)21-14-9-11(3)27-20-14/h5-10,15H,1-4H3,(H,20,21)(H2,18,19,23). The largest absolute Gasteiger partial charge is 0.467 e. The molecule has 0 spiro atoms. The minimum Gasteiger partial charge on any atom is -0.467 e. The van der Waals surface area contributed by atoms with Gasteiger partial charge in [-0.3, -0.25) is 4.72 Å². The Morgan fingerprint density at radius 2 is 1.82 bits per heavy atom. The molecule has 10 nitrogen and oxygen atoms in total. The van der Waals surface area contributed by atoms with E-state index in [4.69, 9.17) is 4.52 Å². The predicted molar refractivity (Wildman–Crippen MR) is 101 cm³/mol. The summed E-state index contributed by atoms with van der Waals surface area (Å²) in [5.74, 6) is -0.186. The van der Waals surface area contributed by atoms with Crippen molar-refractivity contribution in [3.05, 3.63) is 36.1 Å². The number of methoxy groups -OCH3 is 1. The van der Waals surface area contributed by atoms with Crippen molar-refractivity contribution in [3.63, 3.8) is 0 Å². The van der Waals surface area contributed by atoms with E-state index in [0.717, 1.165) is 0 Å². The molecule has 2 amide bonds. The van der Waals surface area contributed by atoms with E-state index in [1.165, 1.54) is 37.4 Å². The maximum Gasteiger partial charge on any atom is 0.328 e. The summed E-state index contributed by atoms with van der Waals surface area (Å²) >= 11 is 0. The zero-order valence-electron chi connectivity index (χ0n) is 15.8. The fraction of sp³-hybridized carbons (Fsp3) is 0.353. The summed E-state index contributed by atoms with van der Waals surface area (Å²) < 4.78 is 36.4. The van der Waals surface area contributed by atoms with Crippen LogP contribution in [-0.4, -0.2) is 38.7 Å². The highest BCUT2D eigenvalue weighted by Gasteiger charge is 2.25. The molecule has 0 saturated carbocycles. The minimum absolute atomic E-state index is 0.0197. The van der Waals surface area contributed by atoms with Crippen molar-refractivity contribution >= 4 is 33.5 Å². The van der Waals surface area contributed by atoms with Crippen molar-refractivity contribution in [2.45, 2.75) is 31.7 Å². The van der Waals surface area contributed by atoms with E-state index in [1.54, 1.807) is 20.8 Å². The number of hydrogen-bond acceptors (Lipinski definition) is 7. The van der Waals surface area contributed by atoms with Crippen LogP contribution >= 0.6 is 0 Å². The Balaban J connectivity index is 2.03. The number of amides is 2. The van der Waals surface area contributed by atoms with Gasteiger partial charge in [-0.2, -0.15) is 0 Å². The van der Waals surface area contributed by atoms with Crippen molar-refractivity contribution < 1.29 is 27.3 Å². The van der Waals surface area contributed by atoms with Gasteiger partial charge in [-0.25, -0.2) is 18.0 Å². The third-order valence-electron chi connectivity index (χ3n) is 3.70. The molecule has 3 N–H and O–H groups in total. The van der Waals surface area contributed by atoms with E-state index in [1.807, 2.05) is 0 Å². The van der Waals surface area contributed by atoms with E-state index < -0.39 is 28.1 Å². The lowest BCUT2D eigenvalue weighted by atomic mass is 10.1. The van der Waals surface area contributed by atoms with Crippen molar-refractivity contribution in [1.82, 2.24) is 10.5 Å². The van der Waals surface area contributed by atoms with Gasteiger partial charge in [-0.1, -0.05) is 19.0 Å². The highest BCUT2D eigenvalue weighted by Crippen LogP contribution is 2.18. The van der Waals surface area contributed by atoms with E-state index in [9.17, 15) is 18.0 Å². The molecule has 152 valence electrons. The number of benzene rings is 1. The molecule has 2 aromatic rings. The first-order chi connectivity index (χ1) is 13.1. The van der Waals surface area contributed by atoms with E-state index in [2.05, 4.69) is 25.2 Å². The number of aromatic nitrogens is 1. The lowest BCUT2D eigenvalue weighted by molar-refractivity contribution is -0.143. The molecular weight excluding hydrogens is 388 g/mol. The summed E-state index contributed by atoms with van der Waals surface area (Å²) in [7, 11) is -2.61. The van der Waals surface area contributed by atoms with E-state index >= 15 is 0 Å². The van der Waals surface area contributed by atoms with Gasteiger partial charge in [0, 0.05) is 11.8 Å². The van der Waals surface area contributed by atoms with Gasteiger partial charge in [0.25, 0.3) is 10.0 Å². The number of carbonyl (C=O) groups is 2. The highest BCUT2D eigenvalue weighted by atomic mass is 32.2. The van der Waals surface area contributed by atoms with Crippen LogP contribution < -0.4 is 15.4 Å². The third-order valence-corrected chi connectivity index (χ3v) is 5.07. The molecule has 0 aliphatic carbocycles. The number of hydrogen-bond donors (Lipinski definition) is 3. The Morgan fingerprint density at radius 1 is 1.18 bits per heavy atom. The van der Waals surface area contributed by atoms with Crippen molar-refractivity contribution in [2.24, 2.45) is 5.92 Å². The van der Waals surface area contributed by atoms with Crippen LogP contribution in [0, 0.1) is 12.8 Å². The zero-order chi connectivity index (χ0) is 20.9. The monoisotopic (exact) mass is 410 g/mol. The molecule has 1 atom stereocenters. The molecule has 0 fully saturated rings. The molecule has 0 aliphatic heterocycles. The van der Waals surface area contributed by atoms with Gasteiger partial charge >= 0.3 is 12.0 Å². The van der Waals surface area contributed by atoms with Crippen LogP contribution in [0.5, 0.6) is 0 Å². The second-order valence-corrected chi connectivity index (χ2v) is 7.98. The van der Waals surface area contributed by atoms with Gasteiger partial charge in [0.05, 0.1) is 12.0 Å². The molecule has 0 aliphatic rings. The molecule has 0 saturated heterocycles. The average molecular weight is 410 g/mol. The molecule has 1 heterocycles. The number of esters is 1. The number of anilines is 2. The van der Waals surface area contributed by atoms with Gasteiger partial charge in [-0.05, 0) is 37.1 Å². The first-order valence-electron chi connectivity index (χ1n) is 8.34. The Labute approximate surface area is 162 Å². The number of rotatable bonds is 7. The number of carbonyl (C=O) groups excluding carboxylic acids is 2. The lowest BCUT2D eigenvalue weighted by Crippen LogP contribution is -2.46. The Morgan fingerprint density at radius 3 is 2.32 bits per heavy atom. The van der Waals surface area contributed by atoms with Crippen molar-refractivity contribution in [2.75, 3.05) is 17.1 Å². The van der Waals surface area contributed by atoms with Gasteiger partial charge in [0.15, 0.2) is 5.82 Å².